The predicted octanol–water partition coefficient (Wildman–Crippen LogP) is 6.51. The summed E-state index contributed by atoms with van der Waals surface area (Å²) in [5, 5.41) is 18.4. The van der Waals surface area contributed by atoms with E-state index in [2.05, 4.69) is 24.0 Å². The normalized spacial score (nSPS) is 32.6. The number of hydrogen-bond acceptors (Lipinski definition) is 6. The predicted molar refractivity (Wildman–Crippen MR) is 201 cm³/mol. The minimum absolute atomic E-state index is 0.000181. The second kappa shape index (κ2) is 14.5. The smallest absolute Gasteiger partial charge is 0.272 e. The van der Waals surface area contributed by atoms with Gasteiger partial charge in [-0.15, -0.1) is 0 Å². The Kier molecular flexibility index (Phi) is 9.98. The largest absolute Gasteiger partial charge is 0.393 e. The number of H-pyrrole nitrogens is 1. The van der Waals surface area contributed by atoms with Crippen LogP contribution >= 0.6 is 0 Å². The summed E-state index contributed by atoms with van der Waals surface area (Å²) in [5.74, 6) is 2.03. The van der Waals surface area contributed by atoms with Gasteiger partial charge in [0.1, 0.15) is 5.82 Å². The van der Waals surface area contributed by atoms with Gasteiger partial charge in [0.2, 0.25) is 5.91 Å². The lowest BCUT2D eigenvalue weighted by molar-refractivity contribution is -0.142. The van der Waals surface area contributed by atoms with Crippen molar-refractivity contribution in [3.8, 4) is 0 Å². The fourth-order valence-electron chi connectivity index (χ4n) is 11.7. The number of nitrogens with one attached hydrogen (secondary N) is 1. The maximum absolute atomic E-state index is 15.0. The molecule has 8 atom stereocenters. The molecule has 284 valence electrons. The molecule has 53 heavy (non-hydrogen) atoms. The van der Waals surface area contributed by atoms with Crippen molar-refractivity contribution in [3.05, 3.63) is 75.5 Å². The Morgan fingerprint density at radius 1 is 0.925 bits per heavy atom. The number of benzene rings is 2. The number of hydrogen-bond donors (Lipinski definition) is 2. The molecule has 0 radical (unpaired) electrons. The minimum atomic E-state index is -0.585. The van der Waals surface area contributed by atoms with E-state index in [9.17, 15) is 23.9 Å². The standard InChI is InChI=1S/C43H55FN4O5/c1-42-17-15-29(49)26-28(42)10-11-32-34-12-14-38(43(34,2)18-16-35(32)42)53-23-5-8-39(50)47-19-21-48(22-20-47)41(52)33-24-27(9-13-36(33)44)25-37-30-6-3-4-7-31(30)40(51)46-45-37/h3-4,6-7,9,13,24,28-29,32,34-35,38,49H,5,8,10-12,14-23,25-26H2,1-2H3,(H,46,51)/t28-,29-,32-,34-,35-,38-,42-,43-/m0/s1. The van der Waals surface area contributed by atoms with Crippen LogP contribution in [0, 0.1) is 40.3 Å². The topological polar surface area (TPSA) is 116 Å². The summed E-state index contributed by atoms with van der Waals surface area (Å²) < 4.78 is 21.6. The third-order valence-electron chi connectivity index (χ3n) is 14.7. The van der Waals surface area contributed by atoms with Crippen molar-refractivity contribution in [2.45, 2.75) is 103 Å². The number of amides is 2. The second-order valence-electron chi connectivity index (χ2n) is 17.4. The van der Waals surface area contributed by atoms with Gasteiger partial charge in [-0.05, 0) is 122 Å². The summed E-state index contributed by atoms with van der Waals surface area (Å²) in [7, 11) is 0. The van der Waals surface area contributed by atoms with Crippen molar-refractivity contribution < 1.29 is 23.8 Å². The van der Waals surface area contributed by atoms with Gasteiger partial charge < -0.3 is 19.6 Å². The molecule has 0 bridgehead atoms. The van der Waals surface area contributed by atoms with Crippen LogP contribution in [-0.4, -0.2) is 81.9 Å². The van der Waals surface area contributed by atoms with E-state index >= 15 is 0 Å². The summed E-state index contributed by atoms with van der Waals surface area (Å²) in [4.78, 5) is 42.3. The maximum atomic E-state index is 15.0. The lowest BCUT2D eigenvalue weighted by Crippen LogP contribution is -2.54. The van der Waals surface area contributed by atoms with Crippen LogP contribution in [0.4, 0.5) is 4.39 Å². The molecule has 4 aliphatic carbocycles. The van der Waals surface area contributed by atoms with Gasteiger partial charge in [0, 0.05) is 51.0 Å². The Morgan fingerprint density at radius 2 is 1.66 bits per heavy atom. The fraction of sp³-hybridized carbons (Fsp3) is 0.628. The average Bonchev–Trinajstić information content (AvgIpc) is 3.51. The highest BCUT2D eigenvalue weighted by Crippen LogP contribution is 2.66. The summed E-state index contributed by atoms with van der Waals surface area (Å²) in [6, 6.07) is 11.7. The molecule has 2 heterocycles. The Morgan fingerprint density at radius 3 is 2.47 bits per heavy atom. The first-order valence-electron chi connectivity index (χ1n) is 20.2. The lowest BCUT2D eigenvalue weighted by Gasteiger charge is -2.60. The van der Waals surface area contributed by atoms with E-state index in [1.165, 1.54) is 44.6 Å². The average molecular weight is 727 g/mol. The Labute approximate surface area is 311 Å². The van der Waals surface area contributed by atoms with E-state index in [1.807, 2.05) is 17.0 Å². The number of aromatic amines is 1. The molecule has 5 fully saturated rings. The molecule has 1 saturated heterocycles. The van der Waals surface area contributed by atoms with Gasteiger partial charge in [-0.25, -0.2) is 9.49 Å². The number of aromatic nitrogens is 2. The number of nitrogens with zero attached hydrogens (tertiary/aromatic N) is 3. The van der Waals surface area contributed by atoms with E-state index in [1.54, 1.807) is 29.2 Å². The van der Waals surface area contributed by atoms with Crippen molar-refractivity contribution in [1.29, 1.82) is 0 Å². The van der Waals surface area contributed by atoms with E-state index in [4.69, 9.17) is 4.74 Å². The number of aliphatic hydroxyl groups excluding tert-OH is 1. The van der Waals surface area contributed by atoms with Crippen LogP contribution in [0.15, 0.2) is 47.3 Å². The van der Waals surface area contributed by atoms with Gasteiger partial charge in [0.25, 0.3) is 11.5 Å². The number of rotatable bonds is 8. The van der Waals surface area contributed by atoms with Crippen molar-refractivity contribution in [2.75, 3.05) is 32.8 Å². The first-order chi connectivity index (χ1) is 25.5. The zero-order valence-electron chi connectivity index (χ0n) is 31.3. The molecule has 10 heteroatoms. The van der Waals surface area contributed by atoms with Gasteiger partial charge in [0.05, 0.1) is 28.9 Å². The molecule has 1 aliphatic heterocycles. The first-order valence-corrected chi connectivity index (χ1v) is 20.2. The van der Waals surface area contributed by atoms with E-state index in [0.717, 1.165) is 36.5 Å². The van der Waals surface area contributed by atoms with Crippen LogP contribution in [0.2, 0.25) is 0 Å². The van der Waals surface area contributed by atoms with Crippen LogP contribution in [0.3, 0.4) is 0 Å². The molecular formula is C43H55FN4O5. The molecule has 2 amide bonds. The SMILES string of the molecule is C[C@]12CC[C@H](O)C[C@@H]1CC[C@@H]1[C@@H]2CC[C@]2(C)[C@@H](OCCCC(=O)N3CCN(C(=O)c4cc(Cc5n[nH]c(=O)c6ccccc56)ccc4F)CC3)CC[C@@H]12. The quantitative estimate of drug-likeness (QED) is 0.256. The summed E-state index contributed by atoms with van der Waals surface area (Å²) in [6.07, 6.45) is 12.1. The summed E-state index contributed by atoms with van der Waals surface area (Å²) in [6.45, 7) is 7.14. The van der Waals surface area contributed by atoms with Gasteiger partial charge in [-0.2, -0.15) is 5.10 Å². The molecule has 0 unspecified atom stereocenters. The molecule has 4 saturated carbocycles. The zero-order valence-corrected chi connectivity index (χ0v) is 31.3. The van der Waals surface area contributed by atoms with Crippen molar-refractivity contribution in [3.63, 3.8) is 0 Å². The highest BCUT2D eigenvalue weighted by Gasteiger charge is 2.60. The van der Waals surface area contributed by atoms with Crippen LogP contribution in [0.25, 0.3) is 10.8 Å². The third-order valence-corrected chi connectivity index (χ3v) is 14.7. The Balaban J connectivity index is 0.804. The van der Waals surface area contributed by atoms with Gasteiger partial charge in [-0.1, -0.05) is 38.1 Å². The fourth-order valence-corrected chi connectivity index (χ4v) is 11.7. The molecule has 0 spiro atoms. The maximum Gasteiger partial charge on any atom is 0.272 e. The molecule has 3 aromatic rings. The monoisotopic (exact) mass is 726 g/mol. The lowest BCUT2D eigenvalue weighted by atomic mass is 9.45. The second-order valence-corrected chi connectivity index (χ2v) is 17.4. The van der Waals surface area contributed by atoms with Gasteiger partial charge >= 0.3 is 0 Å². The van der Waals surface area contributed by atoms with Crippen molar-refractivity contribution in [1.82, 2.24) is 20.0 Å². The number of carbonyl (C=O) groups is 2. The summed E-state index contributed by atoms with van der Waals surface area (Å²) >= 11 is 0. The molecule has 1 aromatic heterocycles. The highest BCUT2D eigenvalue weighted by molar-refractivity contribution is 5.95. The van der Waals surface area contributed by atoms with Crippen molar-refractivity contribution >= 4 is 22.6 Å². The zero-order chi connectivity index (χ0) is 36.9. The molecular weight excluding hydrogens is 671 g/mol. The van der Waals surface area contributed by atoms with Crippen molar-refractivity contribution in [2.24, 2.45) is 34.5 Å². The molecule has 8 rings (SSSR count). The third kappa shape index (κ3) is 6.72. The molecule has 2 aromatic carbocycles. The number of carbonyl (C=O) groups excluding carboxylic acids is 2. The minimum Gasteiger partial charge on any atom is -0.393 e. The number of ether oxygens (including phenoxy) is 1. The number of aliphatic hydroxyl groups is 1. The number of fused-ring (bicyclic) bond motifs is 6. The Bertz CT molecular complexity index is 1910. The van der Waals surface area contributed by atoms with Crippen LogP contribution < -0.4 is 5.56 Å². The van der Waals surface area contributed by atoms with E-state index in [0.29, 0.717) is 85.9 Å². The molecule has 2 N–H and O–H groups in total. The molecule has 5 aliphatic rings. The number of piperazine rings is 1. The number of halogens is 1. The summed E-state index contributed by atoms with van der Waals surface area (Å²) in [5.41, 5.74) is 1.67. The van der Waals surface area contributed by atoms with Crippen LogP contribution in [-0.2, 0) is 16.0 Å². The molecule has 9 nitrogen and oxygen atoms in total. The van der Waals surface area contributed by atoms with Gasteiger partial charge in [-0.3, -0.25) is 14.4 Å². The van der Waals surface area contributed by atoms with E-state index in [-0.39, 0.29) is 40.6 Å². The van der Waals surface area contributed by atoms with Crippen LogP contribution in [0.5, 0.6) is 0 Å². The van der Waals surface area contributed by atoms with Crippen LogP contribution in [0.1, 0.15) is 106 Å². The highest BCUT2D eigenvalue weighted by atomic mass is 19.1. The first kappa shape index (κ1) is 36.4. The Hall–Kier alpha value is -3.63. The van der Waals surface area contributed by atoms with Gasteiger partial charge in [0.15, 0.2) is 0 Å². The van der Waals surface area contributed by atoms with E-state index < -0.39 is 5.82 Å².